The molecule has 0 spiro atoms. The summed E-state index contributed by atoms with van der Waals surface area (Å²) in [6.07, 6.45) is 3.08. The van der Waals surface area contributed by atoms with Crippen LogP contribution in [0.3, 0.4) is 0 Å². The van der Waals surface area contributed by atoms with Crippen LogP contribution < -0.4 is 11.1 Å². The Morgan fingerprint density at radius 1 is 0.793 bits per heavy atom. The number of ether oxygens (including phenoxy) is 1. The van der Waals surface area contributed by atoms with Crippen LogP contribution in [-0.2, 0) is 32.2 Å². The van der Waals surface area contributed by atoms with Crippen LogP contribution in [0.15, 0.2) is 98.6 Å². The van der Waals surface area contributed by atoms with Gasteiger partial charge in [-0.25, -0.2) is 9.59 Å². The van der Waals surface area contributed by atoms with Gasteiger partial charge in [0.05, 0.1) is 0 Å². The summed E-state index contributed by atoms with van der Waals surface area (Å²) in [4.78, 5) is 31.1. The molecule has 0 fully saturated rings. The fourth-order valence-electron chi connectivity index (χ4n) is 1.65. The van der Waals surface area contributed by atoms with Crippen LogP contribution in [0, 0.1) is 0 Å². The minimum atomic E-state index is -0.764. The molecule has 6 heteroatoms. The van der Waals surface area contributed by atoms with Gasteiger partial charge in [-0.15, -0.1) is 0 Å². The standard InChI is InChI=1S/C10H11NO.C7H9N.C6H6O3/c1-2-10(12)11-8-9-6-4-3-5-7-9;8-6-7-4-2-1-3-5-7;1-3-5(7)9-6(8)4-2/h2-7H,1,8H2,(H,11,12);1-5H,6,8H2;3-4H,1-2H2. The van der Waals surface area contributed by atoms with Gasteiger partial charge in [0.15, 0.2) is 0 Å². The molecule has 0 radical (unpaired) electrons. The molecule has 3 N–H and O–H groups in total. The number of carbonyl (C=O) groups excluding carboxylic acids is 3. The smallest absolute Gasteiger partial charge is 0.338 e. The SMILES string of the molecule is C=CC(=O)NCc1ccccc1.C=CC(=O)OC(=O)C=C.NCc1ccccc1. The van der Waals surface area contributed by atoms with Gasteiger partial charge >= 0.3 is 11.9 Å². The summed E-state index contributed by atoms with van der Waals surface area (Å²) < 4.78 is 4.03. The van der Waals surface area contributed by atoms with Gasteiger partial charge in [0.2, 0.25) is 5.91 Å². The van der Waals surface area contributed by atoms with Crippen molar-refractivity contribution >= 4 is 17.8 Å². The molecule has 152 valence electrons. The van der Waals surface area contributed by atoms with Crippen LogP contribution in [0.2, 0.25) is 0 Å². The Morgan fingerprint density at radius 2 is 1.24 bits per heavy atom. The van der Waals surface area contributed by atoms with Crippen molar-refractivity contribution in [3.05, 3.63) is 110 Å². The molecule has 0 aliphatic rings. The molecule has 0 saturated carbocycles. The molecule has 0 aromatic heterocycles. The number of benzene rings is 2. The van der Waals surface area contributed by atoms with Crippen molar-refractivity contribution in [2.24, 2.45) is 5.73 Å². The van der Waals surface area contributed by atoms with E-state index in [4.69, 9.17) is 5.73 Å². The molecule has 0 heterocycles. The highest BCUT2D eigenvalue weighted by Gasteiger charge is 1.99. The third kappa shape index (κ3) is 14.0. The molecule has 2 aromatic carbocycles. The molecule has 0 aliphatic carbocycles. The molecule has 0 saturated heterocycles. The van der Waals surface area contributed by atoms with Gasteiger partial charge in [-0.05, 0) is 17.2 Å². The van der Waals surface area contributed by atoms with Crippen LogP contribution in [-0.4, -0.2) is 17.8 Å². The van der Waals surface area contributed by atoms with Crippen LogP contribution in [0.4, 0.5) is 0 Å². The largest absolute Gasteiger partial charge is 0.387 e. The number of hydrogen-bond donors (Lipinski definition) is 2. The fourth-order valence-corrected chi connectivity index (χ4v) is 1.65. The number of carbonyl (C=O) groups is 3. The van der Waals surface area contributed by atoms with Crippen molar-refractivity contribution in [2.75, 3.05) is 0 Å². The second kappa shape index (κ2) is 16.4. The monoisotopic (exact) mass is 394 g/mol. The van der Waals surface area contributed by atoms with Gasteiger partial charge < -0.3 is 15.8 Å². The summed E-state index contributed by atoms with van der Waals surface area (Å²) >= 11 is 0. The molecule has 1 amide bonds. The van der Waals surface area contributed by atoms with E-state index in [0.717, 1.165) is 17.7 Å². The zero-order chi connectivity index (χ0) is 21.9. The molecule has 0 unspecified atom stereocenters. The predicted molar refractivity (Wildman–Crippen MR) is 114 cm³/mol. The number of hydrogen-bond acceptors (Lipinski definition) is 5. The predicted octanol–water partition coefficient (Wildman–Crippen LogP) is 3.06. The highest BCUT2D eigenvalue weighted by atomic mass is 16.6. The molecule has 0 bridgehead atoms. The Hall–Kier alpha value is -3.77. The van der Waals surface area contributed by atoms with E-state index in [1.165, 1.54) is 11.6 Å². The Morgan fingerprint density at radius 3 is 1.59 bits per heavy atom. The van der Waals surface area contributed by atoms with Gasteiger partial charge in [-0.2, -0.15) is 0 Å². The molecular weight excluding hydrogens is 368 g/mol. The van der Waals surface area contributed by atoms with Gasteiger partial charge in [0, 0.05) is 25.2 Å². The fraction of sp³-hybridized carbons (Fsp3) is 0.0870. The van der Waals surface area contributed by atoms with Gasteiger partial charge in [-0.3, -0.25) is 4.79 Å². The molecule has 2 rings (SSSR count). The lowest BCUT2D eigenvalue weighted by atomic mass is 10.2. The third-order valence-corrected chi connectivity index (χ3v) is 3.11. The maximum Gasteiger partial charge on any atom is 0.338 e. The summed E-state index contributed by atoms with van der Waals surface area (Å²) in [5.74, 6) is -1.67. The number of nitrogens with one attached hydrogen (secondary N) is 1. The van der Waals surface area contributed by atoms with Crippen molar-refractivity contribution in [1.82, 2.24) is 5.32 Å². The van der Waals surface area contributed by atoms with Crippen LogP contribution in [0.5, 0.6) is 0 Å². The molecule has 29 heavy (non-hydrogen) atoms. The van der Waals surface area contributed by atoms with Crippen molar-refractivity contribution < 1.29 is 19.1 Å². The summed E-state index contributed by atoms with van der Waals surface area (Å²) in [5, 5.41) is 2.69. The number of nitrogens with two attached hydrogens (primary N) is 1. The van der Waals surface area contributed by atoms with Gasteiger partial charge in [0.1, 0.15) is 0 Å². The highest BCUT2D eigenvalue weighted by molar-refractivity contribution is 5.95. The molecule has 0 atom stereocenters. The Labute approximate surface area is 171 Å². The van der Waals surface area contributed by atoms with Crippen LogP contribution >= 0.6 is 0 Å². The zero-order valence-corrected chi connectivity index (χ0v) is 16.3. The van der Waals surface area contributed by atoms with E-state index in [9.17, 15) is 14.4 Å². The van der Waals surface area contributed by atoms with E-state index in [0.29, 0.717) is 13.1 Å². The van der Waals surface area contributed by atoms with E-state index >= 15 is 0 Å². The lowest BCUT2D eigenvalue weighted by molar-refractivity contribution is -0.152. The van der Waals surface area contributed by atoms with Crippen molar-refractivity contribution in [2.45, 2.75) is 13.1 Å². The molecular formula is C23H26N2O4. The van der Waals surface area contributed by atoms with E-state index < -0.39 is 11.9 Å². The van der Waals surface area contributed by atoms with Gasteiger partial charge in [0.25, 0.3) is 0 Å². The maximum atomic E-state index is 10.8. The van der Waals surface area contributed by atoms with E-state index in [1.807, 2.05) is 60.7 Å². The summed E-state index contributed by atoms with van der Waals surface area (Å²) in [7, 11) is 0. The van der Waals surface area contributed by atoms with Crippen LogP contribution in [0.25, 0.3) is 0 Å². The number of rotatable bonds is 6. The minimum Gasteiger partial charge on any atom is -0.387 e. The Balaban J connectivity index is 0.000000416. The average Bonchev–Trinajstić information content (AvgIpc) is 2.79. The maximum absolute atomic E-state index is 10.8. The van der Waals surface area contributed by atoms with Crippen molar-refractivity contribution in [3.63, 3.8) is 0 Å². The lowest BCUT2D eigenvalue weighted by Crippen LogP contribution is -2.19. The molecule has 0 aliphatic heterocycles. The second-order valence-electron chi connectivity index (χ2n) is 5.25. The Bertz CT molecular complexity index is 769. The molecule has 6 nitrogen and oxygen atoms in total. The second-order valence-corrected chi connectivity index (χ2v) is 5.25. The van der Waals surface area contributed by atoms with E-state index in [1.54, 1.807) is 0 Å². The number of esters is 2. The van der Waals surface area contributed by atoms with E-state index in [-0.39, 0.29) is 5.91 Å². The number of amides is 1. The first-order chi connectivity index (χ1) is 14.0. The Kier molecular flexibility index (Phi) is 14.3. The lowest BCUT2D eigenvalue weighted by Gasteiger charge is -2.00. The summed E-state index contributed by atoms with van der Waals surface area (Å²) in [6, 6.07) is 19.7. The molecule has 2 aromatic rings. The first-order valence-electron chi connectivity index (χ1n) is 8.65. The van der Waals surface area contributed by atoms with Crippen molar-refractivity contribution in [1.29, 1.82) is 0 Å². The first kappa shape index (κ1) is 25.2. The highest BCUT2D eigenvalue weighted by Crippen LogP contribution is 1.96. The normalized spacial score (nSPS) is 8.59. The topological polar surface area (TPSA) is 98.5 Å². The van der Waals surface area contributed by atoms with Gasteiger partial charge in [-0.1, -0.05) is 80.4 Å². The van der Waals surface area contributed by atoms with Crippen LogP contribution in [0.1, 0.15) is 11.1 Å². The zero-order valence-electron chi connectivity index (χ0n) is 16.3. The first-order valence-corrected chi connectivity index (χ1v) is 8.65. The third-order valence-electron chi connectivity index (χ3n) is 3.11. The van der Waals surface area contributed by atoms with E-state index in [2.05, 4.69) is 29.8 Å². The summed E-state index contributed by atoms with van der Waals surface area (Å²) in [6.45, 7) is 10.7. The quantitative estimate of drug-likeness (QED) is 0.446. The average molecular weight is 394 g/mol. The summed E-state index contributed by atoms with van der Waals surface area (Å²) in [5.41, 5.74) is 7.63. The van der Waals surface area contributed by atoms with Crippen molar-refractivity contribution in [3.8, 4) is 0 Å². The minimum absolute atomic E-state index is 0.140.